The Kier molecular flexibility index (Phi) is 2.79. The van der Waals surface area contributed by atoms with Crippen LogP contribution < -0.4 is 0 Å². The second-order valence-electron chi connectivity index (χ2n) is 4.53. The van der Waals surface area contributed by atoms with Crippen LogP contribution in [0.4, 0.5) is 0 Å². The summed E-state index contributed by atoms with van der Waals surface area (Å²) in [6.07, 6.45) is 2.76. The van der Waals surface area contributed by atoms with Crippen molar-refractivity contribution < 1.29 is 8.42 Å². The monoisotopic (exact) mass is 288 g/mol. The zero-order valence-corrected chi connectivity index (χ0v) is 11.8. The third-order valence-electron chi connectivity index (χ3n) is 3.11. The van der Waals surface area contributed by atoms with Crippen molar-refractivity contribution >= 4 is 20.9 Å². The summed E-state index contributed by atoms with van der Waals surface area (Å²) in [5.74, 6) is 0. The van der Waals surface area contributed by atoms with Gasteiger partial charge in [0, 0.05) is 7.05 Å². The zero-order valence-electron chi connectivity index (χ0n) is 11.0. The first-order valence-corrected chi connectivity index (χ1v) is 7.43. The summed E-state index contributed by atoms with van der Waals surface area (Å²) in [7, 11) is -1.96. The van der Waals surface area contributed by atoms with Crippen LogP contribution >= 0.6 is 0 Å². The second-order valence-corrected chi connectivity index (χ2v) is 6.45. The van der Waals surface area contributed by atoms with Crippen LogP contribution in [0.5, 0.6) is 0 Å². The van der Waals surface area contributed by atoms with Crippen LogP contribution in [0.2, 0.25) is 0 Å². The molecule has 0 spiro atoms. The number of rotatable bonds is 2. The van der Waals surface area contributed by atoms with Crippen LogP contribution in [0.15, 0.2) is 46.5 Å². The summed E-state index contributed by atoms with van der Waals surface area (Å²) in [5.41, 5.74) is 1.92. The Labute approximate surface area is 116 Å². The molecule has 0 aliphatic carbocycles. The van der Waals surface area contributed by atoms with Gasteiger partial charge in [-0.25, -0.2) is 8.42 Å². The van der Waals surface area contributed by atoms with E-state index in [9.17, 15) is 8.42 Å². The Morgan fingerprint density at radius 1 is 1.10 bits per heavy atom. The molecule has 0 radical (unpaired) electrons. The lowest BCUT2D eigenvalue weighted by Gasteiger charge is -2.06. The summed E-state index contributed by atoms with van der Waals surface area (Å²) >= 11 is 0. The summed E-state index contributed by atoms with van der Waals surface area (Å²) in [6.45, 7) is 1.91. The molecule has 6 nitrogen and oxygen atoms in total. The van der Waals surface area contributed by atoms with Crippen molar-refractivity contribution in [2.24, 2.45) is 7.05 Å². The second kappa shape index (κ2) is 4.38. The molecular formula is C13H12N4O2S. The largest absolute Gasteiger partial charge is 0.265 e. The van der Waals surface area contributed by atoms with Crippen molar-refractivity contribution in [3.05, 3.63) is 42.2 Å². The van der Waals surface area contributed by atoms with Gasteiger partial charge in [-0.15, -0.1) is 5.10 Å². The van der Waals surface area contributed by atoms with Gasteiger partial charge in [0.15, 0.2) is 0 Å². The lowest BCUT2D eigenvalue weighted by Crippen LogP contribution is -2.06. The normalized spacial score (nSPS) is 11.9. The molecule has 102 valence electrons. The number of benzene rings is 1. The molecule has 0 aliphatic rings. The molecule has 0 amide bonds. The van der Waals surface area contributed by atoms with Crippen LogP contribution in [-0.4, -0.2) is 28.4 Å². The van der Waals surface area contributed by atoms with Crippen molar-refractivity contribution in [2.45, 2.75) is 16.7 Å². The van der Waals surface area contributed by atoms with Crippen LogP contribution in [0, 0.1) is 6.92 Å². The average molecular weight is 288 g/mol. The standard InChI is InChI=1S/C13H12N4O2S/c1-9-3-5-10(6-4-9)20(18,19)12-8-14-16-11-7-15-17(2)13(11)12/h3-8H,1-2H3. The fourth-order valence-electron chi connectivity index (χ4n) is 2.03. The number of aryl methyl sites for hydroxylation is 2. The van der Waals surface area contributed by atoms with Gasteiger partial charge in [0.1, 0.15) is 15.9 Å². The molecule has 0 saturated carbocycles. The van der Waals surface area contributed by atoms with Gasteiger partial charge >= 0.3 is 0 Å². The molecule has 3 aromatic rings. The van der Waals surface area contributed by atoms with Gasteiger partial charge in [0.2, 0.25) is 9.84 Å². The van der Waals surface area contributed by atoms with Crippen LogP contribution in [0.1, 0.15) is 5.56 Å². The maximum Gasteiger partial charge on any atom is 0.210 e. The summed E-state index contributed by atoms with van der Waals surface area (Å²) in [6, 6.07) is 6.71. The number of aromatic nitrogens is 4. The van der Waals surface area contributed by atoms with Gasteiger partial charge in [-0.1, -0.05) is 17.7 Å². The van der Waals surface area contributed by atoms with E-state index in [1.807, 2.05) is 6.92 Å². The fraction of sp³-hybridized carbons (Fsp3) is 0.154. The summed E-state index contributed by atoms with van der Waals surface area (Å²) in [5, 5.41) is 11.7. The van der Waals surface area contributed by atoms with Gasteiger partial charge < -0.3 is 0 Å². The molecule has 0 atom stereocenters. The van der Waals surface area contributed by atoms with Gasteiger partial charge in [0.05, 0.1) is 17.3 Å². The van der Waals surface area contributed by atoms with E-state index in [1.54, 1.807) is 31.3 Å². The van der Waals surface area contributed by atoms with Gasteiger partial charge in [-0.05, 0) is 19.1 Å². The summed E-state index contributed by atoms with van der Waals surface area (Å²) < 4.78 is 26.9. The molecule has 2 heterocycles. The van der Waals surface area contributed by atoms with Gasteiger partial charge in [-0.3, -0.25) is 4.68 Å². The number of hydrogen-bond acceptors (Lipinski definition) is 5. The van der Waals surface area contributed by atoms with E-state index in [1.165, 1.54) is 17.1 Å². The third kappa shape index (κ3) is 1.87. The Morgan fingerprint density at radius 2 is 1.80 bits per heavy atom. The predicted molar refractivity (Wildman–Crippen MR) is 72.9 cm³/mol. The molecule has 0 bridgehead atoms. The molecule has 3 rings (SSSR count). The van der Waals surface area contributed by atoms with Crippen molar-refractivity contribution in [2.75, 3.05) is 0 Å². The smallest absolute Gasteiger partial charge is 0.210 e. The van der Waals surface area contributed by atoms with Gasteiger partial charge in [-0.2, -0.15) is 10.2 Å². The van der Waals surface area contributed by atoms with Crippen molar-refractivity contribution in [1.82, 2.24) is 20.0 Å². The minimum absolute atomic E-state index is 0.117. The maximum atomic E-state index is 12.7. The Bertz CT molecular complexity index is 882. The van der Waals surface area contributed by atoms with E-state index in [0.717, 1.165) is 5.56 Å². The lowest BCUT2D eigenvalue weighted by molar-refractivity contribution is 0.595. The minimum Gasteiger partial charge on any atom is -0.265 e. The highest BCUT2D eigenvalue weighted by Gasteiger charge is 2.23. The number of hydrogen-bond donors (Lipinski definition) is 0. The fourth-order valence-corrected chi connectivity index (χ4v) is 3.46. The Balaban J connectivity index is 2.29. The quantitative estimate of drug-likeness (QED) is 0.714. The first-order valence-electron chi connectivity index (χ1n) is 5.95. The molecule has 20 heavy (non-hydrogen) atoms. The van der Waals surface area contributed by atoms with E-state index in [-0.39, 0.29) is 9.79 Å². The number of fused-ring (bicyclic) bond motifs is 1. The highest BCUT2D eigenvalue weighted by atomic mass is 32.2. The van der Waals surface area contributed by atoms with Crippen molar-refractivity contribution in [3.8, 4) is 0 Å². The molecular weight excluding hydrogens is 276 g/mol. The predicted octanol–water partition coefficient (Wildman–Crippen LogP) is 1.50. The lowest BCUT2D eigenvalue weighted by atomic mass is 10.2. The van der Waals surface area contributed by atoms with E-state index in [2.05, 4.69) is 15.3 Å². The van der Waals surface area contributed by atoms with Crippen LogP contribution in [0.25, 0.3) is 11.0 Å². The Hall–Kier alpha value is -2.28. The summed E-state index contributed by atoms with van der Waals surface area (Å²) in [4.78, 5) is 0.352. The van der Waals surface area contributed by atoms with E-state index in [4.69, 9.17) is 0 Å². The van der Waals surface area contributed by atoms with Crippen molar-refractivity contribution in [1.29, 1.82) is 0 Å². The van der Waals surface area contributed by atoms with Crippen LogP contribution in [0.3, 0.4) is 0 Å². The average Bonchev–Trinajstić information content (AvgIpc) is 2.81. The highest BCUT2D eigenvalue weighted by molar-refractivity contribution is 7.91. The number of sulfone groups is 1. The molecule has 0 unspecified atom stereocenters. The first kappa shape index (κ1) is 12.7. The number of nitrogens with zero attached hydrogens (tertiary/aromatic N) is 4. The molecule has 0 saturated heterocycles. The molecule has 2 aromatic heterocycles. The first-order chi connectivity index (χ1) is 9.50. The zero-order chi connectivity index (χ0) is 14.3. The molecule has 7 heteroatoms. The minimum atomic E-state index is -3.64. The van der Waals surface area contributed by atoms with Crippen LogP contribution in [-0.2, 0) is 16.9 Å². The molecule has 0 N–H and O–H groups in total. The highest BCUT2D eigenvalue weighted by Crippen LogP contribution is 2.26. The van der Waals surface area contributed by atoms with E-state index >= 15 is 0 Å². The van der Waals surface area contributed by atoms with E-state index in [0.29, 0.717) is 11.0 Å². The van der Waals surface area contributed by atoms with Gasteiger partial charge in [0.25, 0.3) is 0 Å². The van der Waals surface area contributed by atoms with Crippen molar-refractivity contribution in [3.63, 3.8) is 0 Å². The van der Waals surface area contributed by atoms with E-state index < -0.39 is 9.84 Å². The molecule has 0 fully saturated rings. The SMILES string of the molecule is Cc1ccc(S(=O)(=O)c2cnnc3cnn(C)c23)cc1. The maximum absolute atomic E-state index is 12.7. The molecule has 1 aromatic carbocycles. The Morgan fingerprint density at radius 3 is 2.50 bits per heavy atom. The third-order valence-corrected chi connectivity index (χ3v) is 4.88. The topological polar surface area (TPSA) is 77.7 Å². The molecule has 0 aliphatic heterocycles.